The van der Waals surface area contributed by atoms with Crippen molar-refractivity contribution in [3.8, 4) is 5.75 Å². The van der Waals surface area contributed by atoms with Crippen molar-refractivity contribution >= 4 is 23.3 Å². The second-order valence-corrected chi connectivity index (χ2v) is 5.78. The minimum absolute atomic E-state index is 0.0766. The van der Waals surface area contributed by atoms with E-state index in [0.717, 1.165) is 11.3 Å². The van der Waals surface area contributed by atoms with Crippen LogP contribution in [0, 0.1) is 17.0 Å². The van der Waals surface area contributed by atoms with Crippen molar-refractivity contribution in [3.63, 3.8) is 0 Å². The number of aryl methyl sites for hydroxylation is 1. The minimum atomic E-state index is -0.532. The topological polar surface area (TPSA) is 108 Å². The molecule has 0 radical (unpaired) electrons. The summed E-state index contributed by atoms with van der Waals surface area (Å²) in [5.74, 6) is -0.277. The molecule has 2 aromatic carbocycles. The Morgan fingerprint density at radius 1 is 1.15 bits per heavy atom. The van der Waals surface area contributed by atoms with Crippen molar-refractivity contribution in [2.75, 3.05) is 18.5 Å². The van der Waals surface area contributed by atoms with E-state index in [1.807, 2.05) is 31.2 Å². The highest BCUT2D eigenvalue weighted by atomic mass is 16.6. The normalized spacial score (nSPS) is 10.1. The van der Waals surface area contributed by atoms with Gasteiger partial charge in [-0.2, -0.15) is 0 Å². The zero-order valence-electron chi connectivity index (χ0n) is 14.8. The molecule has 0 aliphatic heterocycles. The molecule has 0 unspecified atom stereocenters. The number of carbonyl (C=O) groups excluding carboxylic acids is 2. The first-order valence-corrected chi connectivity index (χ1v) is 8.33. The van der Waals surface area contributed by atoms with Gasteiger partial charge in [0.1, 0.15) is 5.75 Å². The summed E-state index contributed by atoms with van der Waals surface area (Å²) >= 11 is 0. The molecule has 0 aromatic heterocycles. The second-order valence-electron chi connectivity index (χ2n) is 5.78. The van der Waals surface area contributed by atoms with Crippen LogP contribution >= 0.6 is 0 Å². The molecule has 0 spiro atoms. The summed E-state index contributed by atoms with van der Waals surface area (Å²) in [6, 6.07) is 13.0. The van der Waals surface area contributed by atoms with E-state index < -0.39 is 23.4 Å². The van der Waals surface area contributed by atoms with E-state index in [1.165, 1.54) is 24.3 Å². The van der Waals surface area contributed by atoms with Crippen LogP contribution < -0.4 is 10.1 Å². The number of nitro groups is 1. The molecule has 1 amide bonds. The molecule has 0 fully saturated rings. The van der Waals surface area contributed by atoms with E-state index in [0.29, 0.717) is 18.7 Å². The number of rotatable bonds is 9. The number of hydrogen-bond donors (Lipinski definition) is 1. The van der Waals surface area contributed by atoms with Gasteiger partial charge >= 0.3 is 5.97 Å². The van der Waals surface area contributed by atoms with Crippen molar-refractivity contribution in [2.24, 2.45) is 0 Å². The minimum Gasteiger partial charge on any atom is -0.494 e. The van der Waals surface area contributed by atoms with Crippen molar-refractivity contribution in [1.29, 1.82) is 0 Å². The average Bonchev–Trinajstić information content (AvgIpc) is 2.64. The van der Waals surface area contributed by atoms with Crippen LogP contribution in [0.4, 0.5) is 11.4 Å². The van der Waals surface area contributed by atoms with Gasteiger partial charge in [0, 0.05) is 24.2 Å². The number of benzene rings is 2. The standard InChI is InChI=1S/C19H20N2O6/c1-14-4-2-5-17(12-14)26-11-3-6-19(23)27-13-18(22)20-15-7-9-16(10-8-15)21(24)25/h2,4-5,7-10,12H,3,6,11,13H2,1H3,(H,20,22). The molecule has 8 heteroatoms. The summed E-state index contributed by atoms with van der Waals surface area (Å²) in [5.41, 5.74) is 1.39. The lowest BCUT2D eigenvalue weighted by Crippen LogP contribution is -2.21. The maximum Gasteiger partial charge on any atom is 0.306 e. The Bertz CT molecular complexity index is 804. The van der Waals surface area contributed by atoms with Crippen LogP contribution in [0.2, 0.25) is 0 Å². The van der Waals surface area contributed by atoms with Gasteiger partial charge in [0.05, 0.1) is 11.5 Å². The molecule has 0 bridgehead atoms. The van der Waals surface area contributed by atoms with E-state index in [1.54, 1.807) is 0 Å². The Morgan fingerprint density at radius 3 is 2.56 bits per heavy atom. The van der Waals surface area contributed by atoms with Crippen LogP contribution in [-0.4, -0.2) is 30.0 Å². The molecule has 1 N–H and O–H groups in total. The second kappa shape index (κ2) is 9.91. The molecule has 2 aromatic rings. The Kier molecular flexibility index (Phi) is 7.30. The summed E-state index contributed by atoms with van der Waals surface area (Å²) < 4.78 is 10.4. The summed E-state index contributed by atoms with van der Waals surface area (Å²) in [6.07, 6.45) is 0.605. The number of nitrogens with one attached hydrogen (secondary N) is 1. The van der Waals surface area contributed by atoms with Crippen LogP contribution in [-0.2, 0) is 14.3 Å². The van der Waals surface area contributed by atoms with Gasteiger partial charge in [-0.3, -0.25) is 19.7 Å². The molecule has 0 saturated heterocycles. The summed E-state index contributed by atoms with van der Waals surface area (Å²) in [5, 5.41) is 13.1. The summed E-state index contributed by atoms with van der Waals surface area (Å²) in [7, 11) is 0. The Labute approximate surface area is 156 Å². The highest BCUT2D eigenvalue weighted by Crippen LogP contribution is 2.15. The van der Waals surface area contributed by atoms with E-state index in [9.17, 15) is 19.7 Å². The lowest BCUT2D eigenvalue weighted by atomic mass is 10.2. The number of carbonyl (C=O) groups is 2. The lowest BCUT2D eigenvalue weighted by molar-refractivity contribution is -0.384. The first-order valence-electron chi connectivity index (χ1n) is 8.33. The monoisotopic (exact) mass is 372 g/mol. The maximum absolute atomic E-state index is 11.7. The van der Waals surface area contributed by atoms with Gasteiger partial charge in [0.2, 0.25) is 0 Å². The molecule has 8 nitrogen and oxygen atoms in total. The molecule has 0 aliphatic carbocycles. The first-order chi connectivity index (χ1) is 12.9. The van der Waals surface area contributed by atoms with E-state index in [-0.39, 0.29) is 12.1 Å². The number of anilines is 1. The SMILES string of the molecule is Cc1cccc(OCCCC(=O)OCC(=O)Nc2ccc([N+](=O)[O-])cc2)c1. The number of nitrogens with zero attached hydrogens (tertiary/aromatic N) is 1. The Balaban J connectivity index is 1.63. The van der Waals surface area contributed by atoms with Gasteiger partial charge in [-0.05, 0) is 43.2 Å². The molecule has 2 rings (SSSR count). The van der Waals surface area contributed by atoms with E-state index in [4.69, 9.17) is 9.47 Å². The molecular formula is C19H20N2O6. The van der Waals surface area contributed by atoms with Crippen molar-refractivity contribution in [2.45, 2.75) is 19.8 Å². The largest absolute Gasteiger partial charge is 0.494 e. The Morgan fingerprint density at radius 2 is 1.89 bits per heavy atom. The van der Waals surface area contributed by atoms with Gasteiger partial charge in [0.15, 0.2) is 6.61 Å². The molecule has 0 saturated carbocycles. The highest BCUT2D eigenvalue weighted by molar-refractivity contribution is 5.92. The number of hydrogen-bond acceptors (Lipinski definition) is 6. The van der Waals surface area contributed by atoms with Gasteiger partial charge in [-0.1, -0.05) is 12.1 Å². The predicted molar refractivity (Wildman–Crippen MR) is 98.6 cm³/mol. The van der Waals surface area contributed by atoms with Gasteiger partial charge in [-0.25, -0.2) is 0 Å². The summed E-state index contributed by atoms with van der Waals surface area (Å²) in [6.45, 7) is 1.91. The number of amides is 1. The quantitative estimate of drug-likeness (QED) is 0.313. The molecule has 0 atom stereocenters. The zero-order valence-corrected chi connectivity index (χ0v) is 14.8. The lowest BCUT2D eigenvalue weighted by Gasteiger charge is -2.08. The van der Waals surface area contributed by atoms with Crippen molar-refractivity contribution in [3.05, 3.63) is 64.2 Å². The molecule has 142 valence electrons. The number of non-ortho nitro benzene ring substituents is 1. The van der Waals surface area contributed by atoms with Crippen LogP contribution in [0.3, 0.4) is 0 Å². The molecular weight excluding hydrogens is 352 g/mol. The van der Waals surface area contributed by atoms with E-state index >= 15 is 0 Å². The van der Waals surface area contributed by atoms with Crippen LogP contribution in [0.5, 0.6) is 5.75 Å². The molecule has 0 aliphatic rings. The third-order valence-corrected chi connectivity index (χ3v) is 3.51. The fourth-order valence-corrected chi connectivity index (χ4v) is 2.19. The maximum atomic E-state index is 11.7. The third kappa shape index (κ3) is 7.15. The number of nitro benzene ring substituents is 1. The van der Waals surface area contributed by atoms with Gasteiger partial charge < -0.3 is 14.8 Å². The fourth-order valence-electron chi connectivity index (χ4n) is 2.19. The van der Waals surface area contributed by atoms with Crippen LogP contribution in [0.15, 0.2) is 48.5 Å². The predicted octanol–water partition coefficient (Wildman–Crippen LogP) is 3.24. The summed E-state index contributed by atoms with van der Waals surface area (Å²) in [4.78, 5) is 33.4. The Hall–Kier alpha value is -3.42. The zero-order chi connectivity index (χ0) is 19.6. The van der Waals surface area contributed by atoms with Crippen molar-refractivity contribution < 1.29 is 24.0 Å². The average molecular weight is 372 g/mol. The highest BCUT2D eigenvalue weighted by Gasteiger charge is 2.09. The van der Waals surface area contributed by atoms with Crippen molar-refractivity contribution in [1.82, 2.24) is 0 Å². The third-order valence-electron chi connectivity index (χ3n) is 3.51. The molecule has 0 heterocycles. The fraction of sp³-hybridized carbons (Fsp3) is 0.263. The van der Waals surface area contributed by atoms with Crippen LogP contribution in [0.25, 0.3) is 0 Å². The smallest absolute Gasteiger partial charge is 0.306 e. The van der Waals surface area contributed by atoms with Gasteiger partial charge in [0.25, 0.3) is 11.6 Å². The van der Waals surface area contributed by atoms with Gasteiger partial charge in [-0.15, -0.1) is 0 Å². The van der Waals surface area contributed by atoms with Crippen LogP contribution in [0.1, 0.15) is 18.4 Å². The van der Waals surface area contributed by atoms with E-state index in [2.05, 4.69) is 5.32 Å². The number of esters is 1. The molecule has 27 heavy (non-hydrogen) atoms. The number of ether oxygens (including phenoxy) is 2. The first kappa shape index (κ1) is 19.9.